The SMILES string of the molecule is CC1(C)CC(NC(=O)[C@H](N)c2ccccc2)CC(C)(C)N1. The Bertz CT molecular complexity index is 480. The van der Waals surface area contributed by atoms with Gasteiger partial charge in [0.25, 0.3) is 0 Å². The van der Waals surface area contributed by atoms with E-state index >= 15 is 0 Å². The molecule has 0 aromatic heterocycles. The molecule has 1 heterocycles. The predicted molar refractivity (Wildman–Crippen MR) is 85.8 cm³/mol. The second-order valence-corrected chi connectivity index (χ2v) is 7.39. The Balaban J connectivity index is 2.02. The molecule has 0 bridgehead atoms. The zero-order chi connectivity index (χ0) is 15.7. The molecule has 4 heteroatoms. The molecular weight excluding hydrogens is 262 g/mol. The van der Waals surface area contributed by atoms with Crippen molar-refractivity contribution in [2.24, 2.45) is 5.73 Å². The van der Waals surface area contributed by atoms with E-state index in [0.29, 0.717) is 0 Å². The molecule has 1 aliphatic heterocycles. The van der Waals surface area contributed by atoms with Gasteiger partial charge in [0, 0.05) is 17.1 Å². The van der Waals surface area contributed by atoms with E-state index in [1.807, 2.05) is 30.3 Å². The lowest BCUT2D eigenvalue weighted by Crippen LogP contribution is -2.62. The van der Waals surface area contributed by atoms with Crippen LogP contribution in [-0.4, -0.2) is 23.0 Å². The van der Waals surface area contributed by atoms with Gasteiger partial charge < -0.3 is 16.4 Å². The molecule has 1 aliphatic rings. The van der Waals surface area contributed by atoms with Crippen LogP contribution >= 0.6 is 0 Å². The van der Waals surface area contributed by atoms with Gasteiger partial charge in [-0.2, -0.15) is 0 Å². The Hall–Kier alpha value is -1.39. The molecule has 0 aliphatic carbocycles. The van der Waals surface area contributed by atoms with Crippen LogP contribution in [0.4, 0.5) is 0 Å². The Kier molecular flexibility index (Phi) is 4.40. The third-order valence-corrected chi connectivity index (χ3v) is 3.98. The van der Waals surface area contributed by atoms with Crippen LogP contribution in [0.3, 0.4) is 0 Å². The molecule has 4 nitrogen and oxygen atoms in total. The summed E-state index contributed by atoms with van der Waals surface area (Å²) in [5.74, 6) is -0.0975. The monoisotopic (exact) mass is 289 g/mol. The minimum absolute atomic E-state index is 0.0105. The summed E-state index contributed by atoms with van der Waals surface area (Å²) in [5, 5.41) is 6.74. The molecular formula is C17H27N3O. The lowest BCUT2D eigenvalue weighted by molar-refractivity contribution is -0.123. The van der Waals surface area contributed by atoms with Gasteiger partial charge in [-0.1, -0.05) is 30.3 Å². The van der Waals surface area contributed by atoms with Crippen molar-refractivity contribution in [3.05, 3.63) is 35.9 Å². The van der Waals surface area contributed by atoms with E-state index in [9.17, 15) is 4.79 Å². The number of amides is 1. The lowest BCUT2D eigenvalue weighted by Gasteiger charge is -2.46. The fourth-order valence-electron chi connectivity index (χ4n) is 3.53. The van der Waals surface area contributed by atoms with Gasteiger partial charge in [-0.25, -0.2) is 0 Å². The Labute approximate surface area is 127 Å². The Morgan fingerprint density at radius 1 is 1.19 bits per heavy atom. The largest absolute Gasteiger partial charge is 0.352 e. The highest BCUT2D eigenvalue weighted by Gasteiger charge is 2.38. The molecule has 1 atom stereocenters. The maximum atomic E-state index is 12.4. The highest BCUT2D eigenvalue weighted by atomic mass is 16.2. The number of carbonyl (C=O) groups excluding carboxylic acids is 1. The number of hydrogen-bond acceptors (Lipinski definition) is 3. The summed E-state index contributed by atoms with van der Waals surface area (Å²) < 4.78 is 0. The van der Waals surface area contributed by atoms with Crippen molar-refractivity contribution in [1.29, 1.82) is 0 Å². The van der Waals surface area contributed by atoms with Crippen molar-refractivity contribution in [2.45, 2.75) is 63.7 Å². The summed E-state index contributed by atoms with van der Waals surface area (Å²) in [6.07, 6.45) is 1.81. The number of rotatable bonds is 3. The van der Waals surface area contributed by atoms with Crippen LogP contribution < -0.4 is 16.4 Å². The van der Waals surface area contributed by atoms with Crippen LogP contribution in [0.5, 0.6) is 0 Å². The van der Waals surface area contributed by atoms with Gasteiger partial charge in [0.15, 0.2) is 0 Å². The fraction of sp³-hybridized carbons (Fsp3) is 0.588. The van der Waals surface area contributed by atoms with Gasteiger partial charge in [-0.15, -0.1) is 0 Å². The number of benzene rings is 1. The first-order chi connectivity index (χ1) is 9.69. The number of piperidine rings is 1. The second kappa shape index (κ2) is 5.78. The molecule has 0 spiro atoms. The molecule has 1 aromatic rings. The topological polar surface area (TPSA) is 67.2 Å². The summed E-state index contributed by atoms with van der Waals surface area (Å²) in [6, 6.07) is 9.05. The van der Waals surface area contributed by atoms with Crippen LogP contribution in [-0.2, 0) is 4.79 Å². The van der Waals surface area contributed by atoms with Crippen molar-refractivity contribution in [1.82, 2.24) is 10.6 Å². The van der Waals surface area contributed by atoms with Crippen LogP contribution in [0.15, 0.2) is 30.3 Å². The fourth-order valence-corrected chi connectivity index (χ4v) is 3.53. The van der Waals surface area contributed by atoms with E-state index in [0.717, 1.165) is 18.4 Å². The third kappa shape index (κ3) is 4.29. The summed E-state index contributed by atoms with van der Waals surface area (Å²) in [7, 11) is 0. The van der Waals surface area contributed by atoms with Crippen molar-refractivity contribution in [3.63, 3.8) is 0 Å². The molecule has 21 heavy (non-hydrogen) atoms. The molecule has 1 fully saturated rings. The van der Waals surface area contributed by atoms with E-state index in [4.69, 9.17) is 5.73 Å². The van der Waals surface area contributed by atoms with Crippen LogP contribution in [0, 0.1) is 0 Å². The maximum absolute atomic E-state index is 12.4. The van der Waals surface area contributed by atoms with Gasteiger partial charge in [-0.05, 0) is 46.1 Å². The zero-order valence-corrected chi connectivity index (χ0v) is 13.4. The normalized spacial score (nSPS) is 22.5. The van der Waals surface area contributed by atoms with E-state index < -0.39 is 6.04 Å². The molecule has 1 aromatic carbocycles. The lowest BCUT2D eigenvalue weighted by atomic mass is 9.79. The molecule has 1 saturated heterocycles. The highest BCUT2D eigenvalue weighted by Crippen LogP contribution is 2.28. The summed E-state index contributed by atoms with van der Waals surface area (Å²) in [6.45, 7) is 8.68. The second-order valence-electron chi connectivity index (χ2n) is 7.39. The number of nitrogens with two attached hydrogens (primary N) is 1. The standard InChI is InChI=1S/C17H27N3O/c1-16(2)10-13(11-17(3,4)20-16)19-15(21)14(18)12-8-6-5-7-9-12/h5-9,13-14,20H,10-11,18H2,1-4H3,(H,19,21)/t14-/m1/s1. The van der Waals surface area contributed by atoms with Crippen LogP contribution in [0.25, 0.3) is 0 Å². The van der Waals surface area contributed by atoms with E-state index in [2.05, 4.69) is 38.3 Å². The number of carbonyl (C=O) groups is 1. The molecule has 0 saturated carbocycles. The molecule has 116 valence electrons. The quantitative estimate of drug-likeness (QED) is 0.798. The average molecular weight is 289 g/mol. The van der Waals surface area contributed by atoms with Crippen molar-refractivity contribution in [2.75, 3.05) is 0 Å². The van der Waals surface area contributed by atoms with E-state index in [-0.39, 0.29) is 23.0 Å². The summed E-state index contributed by atoms with van der Waals surface area (Å²) >= 11 is 0. The van der Waals surface area contributed by atoms with Gasteiger partial charge in [0.1, 0.15) is 6.04 Å². The predicted octanol–water partition coefficient (Wildman–Crippen LogP) is 2.11. The van der Waals surface area contributed by atoms with E-state index in [1.54, 1.807) is 0 Å². The van der Waals surface area contributed by atoms with Crippen LogP contribution in [0.2, 0.25) is 0 Å². The smallest absolute Gasteiger partial charge is 0.241 e. The average Bonchev–Trinajstić information content (AvgIpc) is 2.35. The van der Waals surface area contributed by atoms with Gasteiger partial charge in [-0.3, -0.25) is 4.79 Å². The minimum atomic E-state index is -0.604. The van der Waals surface area contributed by atoms with Crippen molar-refractivity contribution < 1.29 is 4.79 Å². The first-order valence-electron chi connectivity index (χ1n) is 7.59. The first kappa shape index (κ1) is 16.0. The van der Waals surface area contributed by atoms with Gasteiger partial charge >= 0.3 is 0 Å². The molecule has 0 radical (unpaired) electrons. The highest BCUT2D eigenvalue weighted by molar-refractivity contribution is 5.83. The Morgan fingerprint density at radius 3 is 2.24 bits per heavy atom. The summed E-state index contributed by atoms with van der Waals surface area (Å²) in [5.41, 5.74) is 6.93. The minimum Gasteiger partial charge on any atom is -0.352 e. The molecule has 1 amide bonds. The zero-order valence-electron chi connectivity index (χ0n) is 13.4. The maximum Gasteiger partial charge on any atom is 0.241 e. The molecule has 0 unspecified atom stereocenters. The van der Waals surface area contributed by atoms with Crippen LogP contribution in [0.1, 0.15) is 52.1 Å². The summed E-state index contributed by atoms with van der Waals surface area (Å²) in [4.78, 5) is 12.4. The first-order valence-corrected chi connectivity index (χ1v) is 7.59. The van der Waals surface area contributed by atoms with Crippen molar-refractivity contribution in [3.8, 4) is 0 Å². The number of nitrogens with one attached hydrogen (secondary N) is 2. The number of hydrogen-bond donors (Lipinski definition) is 3. The van der Waals surface area contributed by atoms with Gasteiger partial charge in [0.2, 0.25) is 5.91 Å². The molecule has 2 rings (SSSR count). The van der Waals surface area contributed by atoms with Gasteiger partial charge in [0.05, 0.1) is 0 Å². The Morgan fingerprint density at radius 2 is 1.71 bits per heavy atom. The molecule has 4 N–H and O–H groups in total. The van der Waals surface area contributed by atoms with Crippen molar-refractivity contribution >= 4 is 5.91 Å². The third-order valence-electron chi connectivity index (χ3n) is 3.98. The van der Waals surface area contributed by atoms with E-state index in [1.165, 1.54) is 0 Å².